The van der Waals surface area contributed by atoms with E-state index in [0.29, 0.717) is 0 Å². The SMILES string of the molecule is CNC1CCC(N2CCC3CCC(C2)N3C)CC1. The first-order chi connectivity index (χ1) is 8.78. The van der Waals surface area contributed by atoms with Crippen LogP contribution in [0, 0.1) is 0 Å². The van der Waals surface area contributed by atoms with Crippen LogP contribution in [0.2, 0.25) is 0 Å². The Morgan fingerprint density at radius 1 is 0.833 bits per heavy atom. The van der Waals surface area contributed by atoms with E-state index >= 15 is 0 Å². The van der Waals surface area contributed by atoms with Crippen LogP contribution < -0.4 is 5.32 Å². The number of nitrogens with zero attached hydrogens (tertiary/aromatic N) is 2. The van der Waals surface area contributed by atoms with E-state index in [9.17, 15) is 0 Å². The monoisotopic (exact) mass is 251 g/mol. The predicted molar refractivity (Wildman–Crippen MR) is 75.9 cm³/mol. The molecule has 18 heavy (non-hydrogen) atoms. The van der Waals surface area contributed by atoms with Crippen molar-refractivity contribution >= 4 is 0 Å². The summed E-state index contributed by atoms with van der Waals surface area (Å²) in [4.78, 5) is 5.49. The summed E-state index contributed by atoms with van der Waals surface area (Å²) in [6, 6.07) is 3.39. The van der Waals surface area contributed by atoms with Gasteiger partial charge in [0.1, 0.15) is 0 Å². The molecule has 3 aliphatic rings. The Labute approximate surface area is 112 Å². The number of nitrogens with one attached hydrogen (secondary N) is 1. The largest absolute Gasteiger partial charge is 0.317 e. The summed E-state index contributed by atoms with van der Waals surface area (Å²) >= 11 is 0. The summed E-state index contributed by atoms with van der Waals surface area (Å²) in [5.74, 6) is 0. The summed E-state index contributed by atoms with van der Waals surface area (Å²) in [6.45, 7) is 2.68. The molecule has 0 radical (unpaired) electrons. The lowest BCUT2D eigenvalue weighted by atomic mass is 9.89. The molecule has 2 aliphatic heterocycles. The van der Waals surface area contributed by atoms with Crippen molar-refractivity contribution in [2.24, 2.45) is 0 Å². The molecule has 2 unspecified atom stereocenters. The molecular formula is C15H29N3. The number of fused-ring (bicyclic) bond motifs is 2. The Balaban J connectivity index is 1.57. The van der Waals surface area contributed by atoms with E-state index in [1.54, 1.807) is 0 Å². The van der Waals surface area contributed by atoms with Crippen LogP contribution >= 0.6 is 0 Å². The molecule has 0 aromatic heterocycles. The van der Waals surface area contributed by atoms with E-state index in [1.807, 2.05) is 0 Å². The van der Waals surface area contributed by atoms with Crippen molar-refractivity contribution in [1.82, 2.24) is 15.1 Å². The maximum atomic E-state index is 3.45. The Morgan fingerprint density at radius 2 is 1.50 bits per heavy atom. The second-order valence-electron chi connectivity index (χ2n) is 6.63. The van der Waals surface area contributed by atoms with Gasteiger partial charge in [-0.15, -0.1) is 0 Å². The topological polar surface area (TPSA) is 18.5 Å². The highest BCUT2D eigenvalue weighted by Crippen LogP contribution is 2.32. The lowest BCUT2D eigenvalue weighted by molar-refractivity contribution is 0.131. The van der Waals surface area contributed by atoms with Crippen molar-refractivity contribution in [3.63, 3.8) is 0 Å². The average Bonchev–Trinajstić information content (AvgIpc) is 2.64. The van der Waals surface area contributed by atoms with Gasteiger partial charge < -0.3 is 5.32 Å². The van der Waals surface area contributed by atoms with Crippen molar-refractivity contribution in [1.29, 1.82) is 0 Å². The van der Waals surface area contributed by atoms with E-state index in [2.05, 4.69) is 29.2 Å². The standard InChI is InChI=1S/C15H29N3/c1-16-12-3-5-14(6-4-12)18-10-9-13-7-8-15(11-18)17(13)2/h12-16H,3-11H2,1-2H3. The number of hydrogen-bond donors (Lipinski definition) is 1. The number of likely N-dealkylation sites (N-methyl/N-ethyl adjacent to an activating group) is 1. The van der Waals surface area contributed by atoms with Crippen molar-refractivity contribution < 1.29 is 0 Å². The number of rotatable bonds is 2. The molecule has 3 nitrogen and oxygen atoms in total. The fraction of sp³-hybridized carbons (Fsp3) is 1.00. The van der Waals surface area contributed by atoms with Crippen molar-refractivity contribution in [3.05, 3.63) is 0 Å². The Kier molecular flexibility index (Phi) is 3.92. The minimum Gasteiger partial charge on any atom is -0.317 e. The van der Waals surface area contributed by atoms with Crippen LogP contribution in [0.4, 0.5) is 0 Å². The van der Waals surface area contributed by atoms with Gasteiger partial charge in [-0.05, 0) is 65.6 Å². The minimum absolute atomic E-state index is 0.785. The Morgan fingerprint density at radius 3 is 2.22 bits per heavy atom. The molecule has 3 fully saturated rings. The minimum atomic E-state index is 0.785. The molecule has 1 saturated carbocycles. The second kappa shape index (κ2) is 5.48. The van der Waals surface area contributed by atoms with Crippen LogP contribution in [0.5, 0.6) is 0 Å². The quantitative estimate of drug-likeness (QED) is 0.806. The fourth-order valence-electron chi connectivity index (χ4n) is 4.40. The molecule has 104 valence electrons. The molecule has 0 aromatic carbocycles. The van der Waals surface area contributed by atoms with Crippen LogP contribution in [-0.2, 0) is 0 Å². The zero-order chi connectivity index (χ0) is 12.5. The molecule has 2 bridgehead atoms. The van der Waals surface area contributed by atoms with E-state index in [-0.39, 0.29) is 0 Å². The van der Waals surface area contributed by atoms with Gasteiger partial charge in [0.05, 0.1) is 0 Å². The van der Waals surface area contributed by atoms with Crippen LogP contribution in [0.15, 0.2) is 0 Å². The summed E-state index contributed by atoms with van der Waals surface area (Å²) in [5, 5.41) is 3.45. The number of hydrogen-bond acceptors (Lipinski definition) is 3. The molecule has 1 N–H and O–H groups in total. The maximum Gasteiger partial charge on any atom is 0.0223 e. The zero-order valence-electron chi connectivity index (χ0n) is 12.1. The van der Waals surface area contributed by atoms with Gasteiger partial charge in [-0.2, -0.15) is 0 Å². The lowest BCUT2D eigenvalue weighted by Gasteiger charge is -2.37. The van der Waals surface area contributed by atoms with Gasteiger partial charge in [0, 0.05) is 30.7 Å². The Bertz CT molecular complexity index is 273. The predicted octanol–water partition coefficient (Wildman–Crippen LogP) is 1.69. The van der Waals surface area contributed by atoms with Gasteiger partial charge >= 0.3 is 0 Å². The molecule has 2 atom stereocenters. The molecule has 0 aromatic rings. The van der Waals surface area contributed by atoms with Gasteiger partial charge in [-0.3, -0.25) is 9.80 Å². The van der Waals surface area contributed by atoms with Crippen LogP contribution in [-0.4, -0.2) is 61.2 Å². The summed E-state index contributed by atoms with van der Waals surface area (Å²) in [6.07, 6.45) is 9.85. The Hall–Kier alpha value is -0.120. The molecule has 0 spiro atoms. The van der Waals surface area contributed by atoms with Crippen LogP contribution in [0.25, 0.3) is 0 Å². The highest BCUT2D eigenvalue weighted by Gasteiger charge is 2.37. The second-order valence-corrected chi connectivity index (χ2v) is 6.63. The molecule has 3 rings (SSSR count). The first kappa shape index (κ1) is 12.9. The smallest absolute Gasteiger partial charge is 0.0223 e. The van der Waals surface area contributed by atoms with E-state index in [0.717, 1.165) is 24.2 Å². The van der Waals surface area contributed by atoms with Gasteiger partial charge in [-0.25, -0.2) is 0 Å². The third kappa shape index (κ3) is 2.45. The summed E-state index contributed by atoms with van der Waals surface area (Å²) in [5.41, 5.74) is 0. The summed E-state index contributed by atoms with van der Waals surface area (Å²) < 4.78 is 0. The van der Waals surface area contributed by atoms with E-state index < -0.39 is 0 Å². The molecule has 3 heteroatoms. The highest BCUT2D eigenvalue weighted by molar-refractivity contribution is 4.93. The maximum absolute atomic E-state index is 3.45. The number of likely N-dealkylation sites (tertiary alicyclic amines) is 1. The van der Waals surface area contributed by atoms with Crippen molar-refractivity contribution in [2.75, 3.05) is 27.2 Å². The fourth-order valence-corrected chi connectivity index (χ4v) is 4.40. The lowest BCUT2D eigenvalue weighted by Crippen LogP contribution is -2.45. The molecule has 2 heterocycles. The molecule has 2 saturated heterocycles. The van der Waals surface area contributed by atoms with Gasteiger partial charge in [0.25, 0.3) is 0 Å². The normalized spacial score (nSPS) is 43.0. The third-order valence-electron chi connectivity index (χ3n) is 5.80. The third-order valence-corrected chi connectivity index (χ3v) is 5.80. The average molecular weight is 251 g/mol. The van der Waals surface area contributed by atoms with Crippen molar-refractivity contribution in [3.8, 4) is 0 Å². The highest BCUT2D eigenvalue weighted by atomic mass is 15.3. The van der Waals surface area contributed by atoms with Gasteiger partial charge in [-0.1, -0.05) is 0 Å². The van der Waals surface area contributed by atoms with E-state index in [4.69, 9.17) is 0 Å². The van der Waals surface area contributed by atoms with Gasteiger partial charge in [0.2, 0.25) is 0 Å². The summed E-state index contributed by atoms with van der Waals surface area (Å²) in [7, 11) is 4.47. The van der Waals surface area contributed by atoms with Crippen LogP contribution in [0.3, 0.4) is 0 Å². The zero-order valence-corrected chi connectivity index (χ0v) is 12.1. The van der Waals surface area contributed by atoms with Crippen LogP contribution in [0.1, 0.15) is 44.9 Å². The molecule has 0 amide bonds. The van der Waals surface area contributed by atoms with Crippen molar-refractivity contribution in [2.45, 2.75) is 69.1 Å². The van der Waals surface area contributed by atoms with E-state index in [1.165, 1.54) is 58.0 Å². The first-order valence-corrected chi connectivity index (χ1v) is 7.91. The first-order valence-electron chi connectivity index (χ1n) is 7.91. The van der Waals surface area contributed by atoms with Gasteiger partial charge in [0.15, 0.2) is 0 Å². The molecule has 1 aliphatic carbocycles. The molecular weight excluding hydrogens is 222 g/mol.